The van der Waals surface area contributed by atoms with Crippen LogP contribution in [-0.2, 0) is 0 Å². The molecular weight excluding hydrogens is 497 g/mol. The zero-order valence-corrected chi connectivity index (χ0v) is 22.6. The van der Waals surface area contributed by atoms with Gasteiger partial charge >= 0.3 is 0 Å². The standard InChI is InChI=1S/C30H32Cl3NO/c1-3-5-13-34(14-6-4-2)19-29(35)28-18-23(33)17-27-25(15-20-7-9-21(31)10-8-20)26-16-22(32)11-12-24(26)30(27)28/h7-12,15-18,29,35H,3-6,13-14,19H2,1-2H3/b25-15-/t29-/m0/s1. The molecule has 0 unspecified atom stereocenters. The van der Waals surface area contributed by atoms with E-state index in [0.717, 1.165) is 77.7 Å². The summed E-state index contributed by atoms with van der Waals surface area (Å²) in [6.45, 7) is 6.98. The fourth-order valence-corrected chi connectivity index (χ4v) is 5.31. The fourth-order valence-electron chi connectivity index (χ4n) is 4.79. The molecule has 0 saturated carbocycles. The first-order chi connectivity index (χ1) is 16.9. The molecule has 2 nitrogen and oxygen atoms in total. The highest BCUT2D eigenvalue weighted by Crippen LogP contribution is 2.50. The van der Waals surface area contributed by atoms with E-state index in [1.165, 1.54) is 0 Å². The van der Waals surface area contributed by atoms with Crippen LogP contribution in [0, 0.1) is 0 Å². The van der Waals surface area contributed by atoms with Crippen LogP contribution in [0.15, 0.2) is 54.6 Å². The molecule has 0 spiro atoms. The van der Waals surface area contributed by atoms with Crippen LogP contribution in [0.3, 0.4) is 0 Å². The van der Waals surface area contributed by atoms with Gasteiger partial charge in [0.05, 0.1) is 6.10 Å². The van der Waals surface area contributed by atoms with E-state index in [1.807, 2.05) is 48.5 Å². The van der Waals surface area contributed by atoms with Crippen LogP contribution in [0.5, 0.6) is 0 Å². The largest absolute Gasteiger partial charge is 0.387 e. The number of unbranched alkanes of at least 4 members (excludes halogenated alkanes) is 2. The van der Waals surface area contributed by atoms with Crippen molar-refractivity contribution in [3.05, 3.63) is 91.9 Å². The summed E-state index contributed by atoms with van der Waals surface area (Å²) in [7, 11) is 0. The Morgan fingerprint density at radius 1 is 0.771 bits per heavy atom. The summed E-state index contributed by atoms with van der Waals surface area (Å²) in [6.07, 6.45) is 6.02. The van der Waals surface area contributed by atoms with Crippen molar-refractivity contribution in [1.29, 1.82) is 0 Å². The Morgan fingerprint density at radius 3 is 2.06 bits per heavy atom. The predicted octanol–water partition coefficient (Wildman–Crippen LogP) is 9.15. The Kier molecular flexibility index (Phi) is 8.97. The van der Waals surface area contributed by atoms with E-state index in [-0.39, 0.29) is 0 Å². The Labute approximate surface area is 224 Å². The van der Waals surface area contributed by atoms with E-state index in [4.69, 9.17) is 34.8 Å². The molecule has 5 heteroatoms. The van der Waals surface area contributed by atoms with Crippen molar-refractivity contribution in [3.8, 4) is 11.1 Å². The first-order valence-electron chi connectivity index (χ1n) is 12.4. The lowest BCUT2D eigenvalue weighted by atomic mass is 9.94. The second-order valence-corrected chi connectivity index (χ2v) is 10.5. The number of hydrogen-bond donors (Lipinski definition) is 1. The topological polar surface area (TPSA) is 23.5 Å². The number of hydrogen-bond acceptors (Lipinski definition) is 2. The third kappa shape index (κ3) is 6.13. The maximum absolute atomic E-state index is 11.5. The summed E-state index contributed by atoms with van der Waals surface area (Å²) in [4.78, 5) is 2.38. The third-order valence-corrected chi connectivity index (χ3v) is 7.30. The van der Waals surface area contributed by atoms with Gasteiger partial charge in [0.2, 0.25) is 0 Å². The number of halogens is 3. The molecule has 0 saturated heterocycles. The maximum atomic E-state index is 11.5. The number of benzene rings is 3. The van der Waals surface area contributed by atoms with Gasteiger partial charge in [0, 0.05) is 21.6 Å². The molecule has 3 aromatic carbocycles. The average molecular weight is 529 g/mol. The van der Waals surface area contributed by atoms with Crippen LogP contribution in [0.2, 0.25) is 15.1 Å². The molecule has 0 amide bonds. The van der Waals surface area contributed by atoms with E-state index in [2.05, 4.69) is 30.9 Å². The summed E-state index contributed by atoms with van der Waals surface area (Å²) in [5.74, 6) is 0. The molecule has 0 bridgehead atoms. The van der Waals surface area contributed by atoms with Crippen molar-refractivity contribution in [2.45, 2.75) is 45.6 Å². The summed E-state index contributed by atoms with van der Waals surface area (Å²) >= 11 is 19.2. The van der Waals surface area contributed by atoms with E-state index in [9.17, 15) is 5.11 Å². The van der Waals surface area contributed by atoms with Crippen LogP contribution in [-0.4, -0.2) is 29.6 Å². The Bertz CT molecular complexity index is 1190. The molecule has 0 aliphatic heterocycles. The molecule has 35 heavy (non-hydrogen) atoms. The lowest BCUT2D eigenvalue weighted by molar-refractivity contribution is 0.111. The molecule has 4 rings (SSSR count). The maximum Gasteiger partial charge on any atom is 0.0923 e. The lowest BCUT2D eigenvalue weighted by Crippen LogP contribution is -2.31. The van der Waals surface area contributed by atoms with Crippen molar-refractivity contribution < 1.29 is 5.11 Å². The van der Waals surface area contributed by atoms with Crippen LogP contribution in [0.4, 0.5) is 0 Å². The molecule has 1 aliphatic rings. The number of aliphatic hydroxyl groups excluding tert-OH is 1. The molecule has 1 aliphatic carbocycles. The van der Waals surface area contributed by atoms with Crippen LogP contribution in [0.25, 0.3) is 22.8 Å². The quantitative estimate of drug-likeness (QED) is 0.222. The van der Waals surface area contributed by atoms with Gasteiger partial charge in [-0.1, -0.05) is 79.7 Å². The Morgan fingerprint density at radius 2 is 1.40 bits per heavy atom. The predicted molar refractivity (Wildman–Crippen MR) is 152 cm³/mol. The number of aliphatic hydroxyl groups is 1. The van der Waals surface area contributed by atoms with Gasteiger partial charge in [0.25, 0.3) is 0 Å². The van der Waals surface area contributed by atoms with Gasteiger partial charge in [-0.3, -0.25) is 0 Å². The minimum absolute atomic E-state index is 0.589. The normalized spacial score (nSPS) is 14.4. The van der Waals surface area contributed by atoms with Crippen molar-refractivity contribution in [2.75, 3.05) is 19.6 Å². The molecule has 0 heterocycles. The molecule has 0 radical (unpaired) electrons. The molecule has 0 aromatic heterocycles. The van der Waals surface area contributed by atoms with Gasteiger partial charge < -0.3 is 10.0 Å². The van der Waals surface area contributed by atoms with Crippen LogP contribution in [0.1, 0.15) is 67.9 Å². The van der Waals surface area contributed by atoms with Crippen LogP contribution >= 0.6 is 34.8 Å². The SMILES string of the molecule is CCCCN(CCCC)C[C@H](O)c1cc(Cl)cc2c1-c1ccc(Cl)cc1/C2=C/c1ccc(Cl)cc1. The third-order valence-electron chi connectivity index (χ3n) is 6.59. The number of nitrogens with zero attached hydrogens (tertiary/aromatic N) is 1. The first-order valence-corrected chi connectivity index (χ1v) is 13.6. The summed E-state index contributed by atoms with van der Waals surface area (Å²) in [5, 5.41) is 13.5. The van der Waals surface area contributed by atoms with Gasteiger partial charge in [0.15, 0.2) is 0 Å². The van der Waals surface area contributed by atoms with Gasteiger partial charge in [-0.15, -0.1) is 0 Å². The summed E-state index contributed by atoms with van der Waals surface area (Å²) in [6, 6.07) is 17.6. The van der Waals surface area contributed by atoms with Crippen molar-refractivity contribution >= 4 is 46.5 Å². The van der Waals surface area contributed by atoms with E-state index >= 15 is 0 Å². The van der Waals surface area contributed by atoms with E-state index in [0.29, 0.717) is 21.6 Å². The zero-order chi connectivity index (χ0) is 24.9. The summed E-state index contributed by atoms with van der Waals surface area (Å²) < 4.78 is 0. The highest BCUT2D eigenvalue weighted by Gasteiger charge is 2.29. The van der Waals surface area contributed by atoms with Crippen molar-refractivity contribution in [1.82, 2.24) is 4.90 Å². The van der Waals surface area contributed by atoms with Crippen molar-refractivity contribution in [2.24, 2.45) is 0 Å². The minimum atomic E-state index is -0.644. The molecular formula is C30H32Cl3NO. The lowest BCUT2D eigenvalue weighted by Gasteiger charge is -2.26. The van der Waals surface area contributed by atoms with Crippen LogP contribution < -0.4 is 0 Å². The fraction of sp³-hybridized carbons (Fsp3) is 0.333. The van der Waals surface area contributed by atoms with Gasteiger partial charge in [-0.2, -0.15) is 0 Å². The monoisotopic (exact) mass is 527 g/mol. The number of fused-ring (bicyclic) bond motifs is 3. The summed E-state index contributed by atoms with van der Waals surface area (Å²) in [5.41, 5.74) is 7.14. The second kappa shape index (κ2) is 12.0. The van der Waals surface area contributed by atoms with Gasteiger partial charge in [-0.05, 0) is 107 Å². The molecule has 184 valence electrons. The Balaban J connectivity index is 1.79. The van der Waals surface area contributed by atoms with E-state index in [1.54, 1.807) is 0 Å². The molecule has 1 N–H and O–H groups in total. The highest BCUT2D eigenvalue weighted by molar-refractivity contribution is 6.32. The molecule has 0 fully saturated rings. The van der Waals surface area contributed by atoms with E-state index < -0.39 is 6.10 Å². The second-order valence-electron chi connectivity index (χ2n) is 9.24. The number of rotatable bonds is 10. The van der Waals surface area contributed by atoms with Crippen molar-refractivity contribution in [3.63, 3.8) is 0 Å². The van der Waals surface area contributed by atoms with Gasteiger partial charge in [-0.25, -0.2) is 0 Å². The average Bonchev–Trinajstić information content (AvgIpc) is 3.13. The Hall–Kier alpha value is -1.81. The first kappa shape index (κ1) is 26.3. The minimum Gasteiger partial charge on any atom is -0.387 e. The molecule has 3 aromatic rings. The van der Waals surface area contributed by atoms with Gasteiger partial charge in [0.1, 0.15) is 0 Å². The zero-order valence-electron chi connectivity index (χ0n) is 20.3. The highest BCUT2D eigenvalue weighted by atomic mass is 35.5. The molecule has 1 atom stereocenters. The smallest absolute Gasteiger partial charge is 0.0923 e.